The van der Waals surface area contributed by atoms with Crippen LogP contribution in [-0.4, -0.2) is 28.4 Å². The zero-order valence-electron chi connectivity index (χ0n) is 12.1. The predicted octanol–water partition coefficient (Wildman–Crippen LogP) is 2.54. The van der Waals surface area contributed by atoms with E-state index in [4.69, 9.17) is 0 Å². The van der Waals surface area contributed by atoms with Gasteiger partial charge in [0.2, 0.25) is 0 Å². The van der Waals surface area contributed by atoms with Crippen molar-refractivity contribution in [3.8, 4) is 0 Å². The summed E-state index contributed by atoms with van der Waals surface area (Å²) in [5.74, 6) is 0. The molecule has 0 bridgehead atoms. The Hall–Kier alpha value is -1.52. The highest BCUT2D eigenvalue weighted by atomic mass is 16.2. The fraction of sp³-hybridized carbons (Fsp3) is 0.714. The number of hydrogen-bond acceptors (Lipinski definition) is 2. The molecule has 1 atom stereocenters. The number of aromatic nitrogens is 2. The van der Waals surface area contributed by atoms with Gasteiger partial charge in [0.05, 0.1) is 0 Å². The first-order valence-corrected chi connectivity index (χ1v) is 7.24. The summed E-state index contributed by atoms with van der Waals surface area (Å²) in [5, 5.41) is 9.95. The van der Waals surface area contributed by atoms with Crippen LogP contribution in [0.5, 0.6) is 0 Å². The van der Waals surface area contributed by atoms with Crippen molar-refractivity contribution >= 4 is 6.03 Å². The van der Waals surface area contributed by atoms with E-state index in [1.165, 1.54) is 19.3 Å². The number of amides is 2. The van der Waals surface area contributed by atoms with Crippen LogP contribution in [0.4, 0.5) is 4.79 Å². The number of hydrogen-bond donors (Lipinski definition) is 2. The molecule has 5 heteroatoms. The number of aryl methyl sites for hydroxylation is 1. The van der Waals surface area contributed by atoms with E-state index in [1.807, 2.05) is 16.9 Å². The molecule has 0 saturated carbocycles. The highest BCUT2D eigenvalue weighted by molar-refractivity contribution is 5.74. The lowest BCUT2D eigenvalue weighted by Gasteiger charge is -2.14. The largest absolute Gasteiger partial charge is 0.338 e. The molecular formula is C14H26N4O. The summed E-state index contributed by atoms with van der Waals surface area (Å²) < 4.78 is 1.87. The second-order valence-electron chi connectivity index (χ2n) is 4.92. The van der Waals surface area contributed by atoms with Gasteiger partial charge in [-0.1, -0.05) is 26.2 Å². The summed E-state index contributed by atoms with van der Waals surface area (Å²) >= 11 is 0. The van der Waals surface area contributed by atoms with Gasteiger partial charge in [-0.25, -0.2) is 4.79 Å². The Balaban J connectivity index is 2.01. The standard InChI is InChI=1S/C14H26N4O/c1-3-4-5-8-13(2)17-14(19)15-9-6-11-18-12-7-10-16-18/h7,10,12-13H,3-6,8-9,11H2,1-2H3,(H2,15,17,19). The van der Waals surface area contributed by atoms with Crippen LogP contribution in [0.1, 0.15) is 46.0 Å². The second-order valence-corrected chi connectivity index (χ2v) is 4.92. The Morgan fingerprint density at radius 2 is 2.21 bits per heavy atom. The lowest BCUT2D eigenvalue weighted by atomic mass is 10.1. The van der Waals surface area contributed by atoms with Crippen molar-refractivity contribution in [2.24, 2.45) is 0 Å². The molecule has 19 heavy (non-hydrogen) atoms. The molecule has 0 radical (unpaired) electrons. The van der Waals surface area contributed by atoms with Crippen LogP contribution in [0.2, 0.25) is 0 Å². The van der Waals surface area contributed by atoms with Gasteiger partial charge in [-0.2, -0.15) is 5.10 Å². The molecule has 1 aromatic rings. The first-order chi connectivity index (χ1) is 9.22. The minimum Gasteiger partial charge on any atom is -0.338 e. The smallest absolute Gasteiger partial charge is 0.314 e. The van der Waals surface area contributed by atoms with E-state index in [1.54, 1.807) is 6.20 Å². The van der Waals surface area contributed by atoms with Crippen LogP contribution in [0, 0.1) is 0 Å². The molecule has 0 aliphatic carbocycles. The van der Waals surface area contributed by atoms with Gasteiger partial charge in [-0.05, 0) is 25.8 Å². The maximum Gasteiger partial charge on any atom is 0.314 e. The number of carbonyl (C=O) groups excluding carboxylic acids is 1. The summed E-state index contributed by atoms with van der Waals surface area (Å²) in [5.41, 5.74) is 0. The van der Waals surface area contributed by atoms with E-state index in [0.717, 1.165) is 19.4 Å². The minimum absolute atomic E-state index is 0.0653. The van der Waals surface area contributed by atoms with E-state index in [9.17, 15) is 4.79 Å². The first-order valence-electron chi connectivity index (χ1n) is 7.24. The van der Waals surface area contributed by atoms with Crippen LogP contribution in [-0.2, 0) is 6.54 Å². The zero-order chi connectivity index (χ0) is 13.9. The Bertz CT molecular complexity index is 337. The summed E-state index contributed by atoms with van der Waals surface area (Å²) in [6.07, 6.45) is 9.25. The van der Waals surface area contributed by atoms with Crippen LogP contribution < -0.4 is 10.6 Å². The molecule has 0 aliphatic heterocycles. The molecule has 0 spiro atoms. The molecule has 0 fully saturated rings. The fourth-order valence-electron chi connectivity index (χ4n) is 1.92. The van der Waals surface area contributed by atoms with Crippen LogP contribution in [0.3, 0.4) is 0 Å². The number of rotatable bonds is 9. The summed E-state index contributed by atoms with van der Waals surface area (Å²) in [6.45, 7) is 5.75. The topological polar surface area (TPSA) is 59.0 Å². The van der Waals surface area contributed by atoms with Crippen molar-refractivity contribution in [2.45, 2.75) is 58.5 Å². The summed E-state index contributed by atoms with van der Waals surface area (Å²) in [4.78, 5) is 11.6. The minimum atomic E-state index is -0.0653. The van der Waals surface area contributed by atoms with Crippen molar-refractivity contribution in [3.05, 3.63) is 18.5 Å². The van der Waals surface area contributed by atoms with Gasteiger partial charge in [0.15, 0.2) is 0 Å². The van der Waals surface area contributed by atoms with Gasteiger partial charge in [-0.15, -0.1) is 0 Å². The average Bonchev–Trinajstić information content (AvgIpc) is 2.88. The third-order valence-electron chi connectivity index (χ3n) is 3.03. The Morgan fingerprint density at radius 1 is 1.37 bits per heavy atom. The monoisotopic (exact) mass is 266 g/mol. The van der Waals surface area contributed by atoms with Crippen molar-refractivity contribution in [2.75, 3.05) is 6.54 Å². The molecule has 1 heterocycles. The molecule has 2 amide bonds. The Labute approximate surface area is 115 Å². The molecule has 0 aliphatic rings. The normalized spacial score (nSPS) is 12.1. The van der Waals surface area contributed by atoms with Gasteiger partial charge in [0.25, 0.3) is 0 Å². The van der Waals surface area contributed by atoms with E-state index in [-0.39, 0.29) is 12.1 Å². The average molecular weight is 266 g/mol. The zero-order valence-corrected chi connectivity index (χ0v) is 12.1. The highest BCUT2D eigenvalue weighted by Gasteiger charge is 2.05. The van der Waals surface area contributed by atoms with Crippen molar-refractivity contribution in [1.29, 1.82) is 0 Å². The third-order valence-corrected chi connectivity index (χ3v) is 3.03. The molecule has 5 nitrogen and oxygen atoms in total. The van der Waals surface area contributed by atoms with E-state index in [2.05, 4.69) is 29.6 Å². The lowest BCUT2D eigenvalue weighted by Crippen LogP contribution is -2.41. The highest BCUT2D eigenvalue weighted by Crippen LogP contribution is 2.02. The Kier molecular flexibility index (Phi) is 7.70. The fourth-order valence-corrected chi connectivity index (χ4v) is 1.92. The van der Waals surface area contributed by atoms with Crippen LogP contribution in [0.25, 0.3) is 0 Å². The van der Waals surface area contributed by atoms with Crippen molar-refractivity contribution in [3.63, 3.8) is 0 Å². The number of unbranched alkanes of at least 4 members (excludes halogenated alkanes) is 2. The third kappa shape index (κ3) is 7.49. The van der Waals surface area contributed by atoms with Gasteiger partial charge < -0.3 is 10.6 Å². The second kappa shape index (κ2) is 9.42. The molecule has 2 N–H and O–H groups in total. The van der Waals surface area contributed by atoms with Crippen LogP contribution >= 0.6 is 0 Å². The van der Waals surface area contributed by atoms with Gasteiger partial charge in [0.1, 0.15) is 0 Å². The number of urea groups is 1. The molecular weight excluding hydrogens is 240 g/mol. The van der Waals surface area contributed by atoms with Crippen molar-refractivity contribution < 1.29 is 4.79 Å². The molecule has 1 rings (SSSR count). The van der Waals surface area contributed by atoms with E-state index >= 15 is 0 Å². The summed E-state index contributed by atoms with van der Waals surface area (Å²) in [7, 11) is 0. The maximum atomic E-state index is 11.6. The number of nitrogens with zero attached hydrogens (tertiary/aromatic N) is 2. The van der Waals surface area contributed by atoms with Crippen LogP contribution in [0.15, 0.2) is 18.5 Å². The Morgan fingerprint density at radius 3 is 2.89 bits per heavy atom. The molecule has 108 valence electrons. The predicted molar refractivity (Wildman–Crippen MR) is 77.0 cm³/mol. The van der Waals surface area contributed by atoms with Crippen molar-refractivity contribution in [1.82, 2.24) is 20.4 Å². The summed E-state index contributed by atoms with van der Waals surface area (Å²) in [6, 6.07) is 2.08. The van der Waals surface area contributed by atoms with Gasteiger partial charge in [-0.3, -0.25) is 4.68 Å². The van der Waals surface area contributed by atoms with E-state index < -0.39 is 0 Å². The molecule has 1 aromatic heterocycles. The SMILES string of the molecule is CCCCCC(C)NC(=O)NCCCn1cccn1. The molecule has 0 saturated heterocycles. The van der Waals surface area contributed by atoms with Gasteiger partial charge in [0, 0.05) is 31.5 Å². The first kappa shape index (κ1) is 15.5. The van der Waals surface area contributed by atoms with E-state index in [0.29, 0.717) is 6.54 Å². The van der Waals surface area contributed by atoms with Gasteiger partial charge >= 0.3 is 6.03 Å². The quantitative estimate of drug-likeness (QED) is 0.675. The molecule has 0 aromatic carbocycles. The number of carbonyl (C=O) groups is 1. The lowest BCUT2D eigenvalue weighted by molar-refractivity contribution is 0.236. The maximum absolute atomic E-state index is 11.6. The molecule has 1 unspecified atom stereocenters. The number of nitrogens with one attached hydrogen (secondary N) is 2.